The van der Waals surface area contributed by atoms with Crippen LogP contribution in [0.4, 0.5) is 11.4 Å². The second-order valence-electron chi connectivity index (χ2n) is 4.02. The molecule has 1 aromatic rings. The smallest absolute Gasteiger partial charge is 0.293 e. The average molecular weight is 303 g/mol. The fraction of sp³-hybridized carbons (Fsp3) is 0.455. The number of likely N-dealkylation sites (N-methyl/N-ethyl adjacent to an activating group) is 1. The zero-order valence-electron chi connectivity index (χ0n) is 11.2. The molecule has 1 aromatic carbocycles. The van der Waals surface area contributed by atoms with Gasteiger partial charge in [-0.05, 0) is 19.1 Å². The van der Waals surface area contributed by atoms with Crippen LogP contribution in [0.15, 0.2) is 23.1 Å². The summed E-state index contributed by atoms with van der Waals surface area (Å²) in [6.45, 7) is 1.86. The summed E-state index contributed by atoms with van der Waals surface area (Å²) in [5.74, 6) is 0. The van der Waals surface area contributed by atoms with Crippen molar-refractivity contribution in [3.05, 3.63) is 28.3 Å². The molecule has 9 heteroatoms. The Labute approximate surface area is 117 Å². The Balaban J connectivity index is 3.27. The molecule has 0 amide bonds. The van der Waals surface area contributed by atoms with Crippen LogP contribution in [0, 0.1) is 10.1 Å². The van der Waals surface area contributed by atoms with Gasteiger partial charge in [-0.2, -0.15) is 4.31 Å². The van der Waals surface area contributed by atoms with E-state index in [1.54, 1.807) is 6.92 Å². The van der Waals surface area contributed by atoms with E-state index >= 15 is 0 Å². The van der Waals surface area contributed by atoms with Crippen molar-refractivity contribution < 1.29 is 18.4 Å². The molecular formula is C11H17N3O5S. The van der Waals surface area contributed by atoms with Gasteiger partial charge in [0.25, 0.3) is 5.69 Å². The predicted molar refractivity (Wildman–Crippen MR) is 74.2 cm³/mol. The highest BCUT2D eigenvalue weighted by Gasteiger charge is 2.24. The van der Waals surface area contributed by atoms with Crippen LogP contribution in [0.5, 0.6) is 0 Å². The molecule has 0 unspecified atom stereocenters. The fourth-order valence-electron chi connectivity index (χ4n) is 1.60. The van der Waals surface area contributed by atoms with Gasteiger partial charge in [-0.15, -0.1) is 0 Å². The number of hydrogen-bond donors (Lipinski definition) is 2. The first kappa shape index (κ1) is 16.3. The van der Waals surface area contributed by atoms with E-state index in [0.717, 1.165) is 10.4 Å². The molecule has 0 aliphatic heterocycles. The molecule has 112 valence electrons. The summed E-state index contributed by atoms with van der Waals surface area (Å²) in [5, 5.41) is 22.6. The zero-order valence-corrected chi connectivity index (χ0v) is 12.1. The van der Waals surface area contributed by atoms with E-state index < -0.39 is 14.9 Å². The minimum absolute atomic E-state index is 0.0783. The molecular weight excluding hydrogens is 286 g/mol. The molecule has 20 heavy (non-hydrogen) atoms. The van der Waals surface area contributed by atoms with Gasteiger partial charge in [-0.25, -0.2) is 8.42 Å². The summed E-state index contributed by atoms with van der Waals surface area (Å²) < 4.78 is 25.2. The highest BCUT2D eigenvalue weighted by molar-refractivity contribution is 7.89. The first-order valence-electron chi connectivity index (χ1n) is 5.94. The van der Waals surface area contributed by atoms with Crippen LogP contribution in [0.1, 0.15) is 6.92 Å². The first-order chi connectivity index (χ1) is 9.34. The lowest BCUT2D eigenvalue weighted by molar-refractivity contribution is -0.384. The van der Waals surface area contributed by atoms with Gasteiger partial charge in [-0.1, -0.05) is 0 Å². The maximum Gasteiger partial charge on any atom is 0.293 e. The minimum atomic E-state index is -3.85. The molecule has 0 radical (unpaired) electrons. The quantitative estimate of drug-likeness (QED) is 0.564. The fourth-order valence-corrected chi connectivity index (χ4v) is 2.79. The molecule has 0 spiro atoms. The van der Waals surface area contributed by atoms with Crippen molar-refractivity contribution in [2.75, 3.05) is 32.1 Å². The van der Waals surface area contributed by atoms with E-state index in [1.807, 2.05) is 0 Å². The molecule has 0 bridgehead atoms. The van der Waals surface area contributed by atoms with Crippen LogP contribution in [0.25, 0.3) is 0 Å². The minimum Gasteiger partial charge on any atom is -0.395 e. The number of nitrogens with one attached hydrogen (secondary N) is 1. The molecule has 0 aliphatic rings. The molecule has 1 rings (SSSR count). The summed E-state index contributed by atoms with van der Waals surface area (Å²) in [6.07, 6.45) is 0. The monoisotopic (exact) mass is 303 g/mol. The number of anilines is 1. The number of sulfonamides is 1. The van der Waals surface area contributed by atoms with Gasteiger partial charge in [0.15, 0.2) is 0 Å². The van der Waals surface area contributed by atoms with E-state index in [-0.39, 0.29) is 29.4 Å². The van der Waals surface area contributed by atoms with Crippen LogP contribution in [-0.4, -0.2) is 49.5 Å². The molecule has 0 aromatic heterocycles. The third kappa shape index (κ3) is 3.44. The lowest BCUT2D eigenvalue weighted by Crippen LogP contribution is -2.29. The molecule has 0 saturated heterocycles. The third-order valence-corrected chi connectivity index (χ3v) is 4.51. The summed E-state index contributed by atoms with van der Waals surface area (Å²) in [6, 6.07) is 3.68. The van der Waals surface area contributed by atoms with E-state index in [1.165, 1.54) is 19.2 Å². The van der Waals surface area contributed by atoms with Crippen LogP contribution in [-0.2, 0) is 10.0 Å². The van der Waals surface area contributed by atoms with Crippen molar-refractivity contribution in [1.82, 2.24) is 4.31 Å². The lowest BCUT2D eigenvalue weighted by Gasteiger charge is -2.16. The van der Waals surface area contributed by atoms with Gasteiger partial charge in [0.2, 0.25) is 10.0 Å². The predicted octanol–water partition coefficient (Wildman–Crippen LogP) is 0.639. The first-order valence-corrected chi connectivity index (χ1v) is 7.38. The Morgan fingerprint density at radius 3 is 2.60 bits per heavy atom. The van der Waals surface area contributed by atoms with Gasteiger partial charge in [0.1, 0.15) is 5.69 Å². The molecule has 0 aliphatic carbocycles. The second kappa shape index (κ2) is 6.64. The molecule has 2 N–H and O–H groups in total. The molecule has 8 nitrogen and oxygen atoms in total. The number of nitro benzene ring substituents is 1. The number of nitro groups is 1. The maximum absolute atomic E-state index is 12.1. The zero-order chi connectivity index (χ0) is 15.3. The van der Waals surface area contributed by atoms with E-state index in [4.69, 9.17) is 5.11 Å². The van der Waals surface area contributed by atoms with Gasteiger partial charge >= 0.3 is 0 Å². The Morgan fingerprint density at radius 2 is 2.10 bits per heavy atom. The van der Waals surface area contributed by atoms with Gasteiger partial charge in [0, 0.05) is 26.2 Å². The normalized spacial score (nSPS) is 11.6. The summed E-state index contributed by atoms with van der Waals surface area (Å²) in [4.78, 5) is 10.2. The Morgan fingerprint density at radius 1 is 1.45 bits per heavy atom. The van der Waals surface area contributed by atoms with Crippen molar-refractivity contribution in [2.45, 2.75) is 11.8 Å². The van der Waals surface area contributed by atoms with Crippen molar-refractivity contribution in [1.29, 1.82) is 0 Å². The topological polar surface area (TPSA) is 113 Å². The molecule has 0 saturated carbocycles. The van der Waals surface area contributed by atoms with Crippen molar-refractivity contribution in [3.8, 4) is 0 Å². The van der Waals surface area contributed by atoms with Gasteiger partial charge < -0.3 is 10.4 Å². The Kier molecular flexibility index (Phi) is 5.43. The average Bonchev–Trinajstić information content (AvgIpc) is 2.39. The van der Waals surface area contributed by atoms with Crippen LogP contribution < -0.4 is 5.32 Å². The number of aliphatic hydroxyl groups excluding tert-OH is 1. The molecule has 0 heterocycles. The highest BCUT2D eigenvalue weighted by atomic mass is 32.2. The van der Waals surface area contributed by atoms with Crippen LogP contribution in [0.2, 0.25) is 0 Å². The van der Waals surface area contributed by atoms with E-state index in [2.05, 4.69) is 5.32 Å². The standard InChI is InChI=1S/C11H17N3O5S/c1-3-12-10-5-4-9(8-11(10)14(16)17)20(18,19)13(2)6-7-15/h4-5,8,12,15H,3,6-7H2,1-2H3. The van der Waals surface area contributed by atoms with Crippen LogP contribution >= 0.6 is 0 Å². The highest BCUT2D eigenvalue weighted by Crippen LogP contribution is 2.28. The van der Waals surface area contributed by atoms with Crippen LogP contribution in [0.3, 0.4) is 0 Å². The Hall–Kier alpha value is -1.71. The number of rotatable bonds is 7. The maximum atomic E-state index is 12.1. The molecule has 0 atom stereocenters. The van der Waals surface area contributed by atoms with E-state index in [9.17, 15) is 18.5 Å². The summed E-state index contributed by atoms with van der Waals surface area (Å²) >= 11 is 0. The SMILES string of the molecule is CCNc1ccc(S(=O)(=O)N(C)CCO)cc1[N+](=O)[O-]. The third-order valence-electron chi connectivity index (χ3n) is 2.66. The van der Waals surface area contributed by atoms with Crippen molar-refractivity contribution >= 4 is 21.4 Å². The summed E-state index contributed by atoms with van der Waals surface area (Å²) in [7, 11) is -2.55. The number of nitrogens with zero attached hydrogens (tertiary/aromatic N) is 2. The number of benzene rings is 1. The van der Waals surface area contributed by atoms with Gasteiger partial charge in [-0.3, -0.25) is 10.1 Å². The number of hydrogen-bond acceptors (Lipinski definition) is 6. The second-order valence-corrected chi connectivity index (χ2v) is 6.06. The summed E-state index contributed by atoms with van der Waals surface area (Å²) in [5.41, 5.74) is -0.0356. The lowest BCUT2D eigenvalue weighted by atomic mass is 10.2. The Bertz CT molecular complexity index is 588. The van der Waals surface area contributed by atoms with Gasteiger partial charge in [0.05, 0.1) is 16.4 Å². The van der Waals surface area contributed by atoms with E-state index in [0.29, 0.717) is 6.54 Å². The number of aliphatic hydroxyl groups is 1. The van der Waals surface area contributed by atoms with Crippen molar-refractivity contribution in [2.24, 2.45) is 0 Å². The largest absolute Gasteiger partial charge is 0.395 e. The van der Waals surface area contributed by atoms with Crippen molar-refractivity contribution in [3.63, 3.8) is 0 Å². The molecule has 0 fully saturated rings.